The third-order valence-electron chi connectivity index (χ3n) is 4.11. The highest BCUT2D eigenvalue weighted by atomic mass is 19.4. The quantitative estimate of drug-likeness (QED) is 0.736. The third-order valence-corrected chi connectivity index (χ3v) is 4.11. The zero-order valence-corrected chi connectivity index (χ0v) is 14.2. The van der Waals surface area contributed by atoms with E-state index in [0.717, 1.165) is 47.4 Å². The van der Waals surface area contributed by atoms with E-state index in [2.05, 4.69) is 6.58 Å². The minimum Gasteiger partial charge on any atom is -0.402 e. The number of aliphatic imine (C=N–C) groups is 1. The van der Waals surface area contributed by atoms with Gasteiger partial charge in [-0.3, -0.25) is 4.99 Å². The Balaban J connectivity index is 2.38. The molecule has 1 aromatic rings. The van der Waals surface area contributed by atoms with Crippen LogP contribution in [0.4, 0.5) is 13.2 Å². The molecule has 0 aliphatic heterocycles. The van der Waals surface area contributed by atoms with Gasteiger partial charge in [-0.1, -0.05) is 25.6 Å². The molecule has 0 amide bonds. The van der Waals surface area contributed by atoms with Crippen LogP contribution in [-0.4, -0.2) is 11.8 Å². The lowest BCUT2D eigenvalue weighted by molar-refractivity contribution is -0.137. The lowest BCUT2D eigenvalue weighted by Gasteiger charge is -2.21. The molecule has 5 heteroatoms. The summed E-state index contributed by atoms with van der Waals surface area (Å²) in [7, 11) is 0. The topological polar surface area (TPSA) is 38.4 Å². The van der Waals surface area contributed by atoms with Gasteiger partial charge in [-0.2, -0.15) is 13.2 Å². The van der Waals surface area contributed by atoms with Crippen molar-refractivity contribution >= 4 is 5.71 Å². The van der Waals surface area contributed by atoms with Crippen molar-refractivity contribution < 1.29 is 13.2 Å². The van der Waals surface area contributed by atoms with Crippen LogP contribution < -0.4 is 5.73 Å². The fraction of sp³-hybridized carbons (Fsp3) is 0.421. The SMILES string of the molecule is C=C(C)C(=NC1CC1)C(=C(C)N)C(C)c1ccc(C(F)(F)F)cc1. The molecule has 0 bridgehead atoms. The first kappa shape index (κ1) is 18.3. The van der Waals surface area contributed by atoms with E-state index in [0.29, 0.717) is 11.7 Å². The summed E-state index contributed by atoms with van der Waals surface area (Å²) in [6.07, 6.45) is -2.22. The molecular weight excluding hydrogens is 313 g/mol. The van der Waals surface area contributed by atoms with Crippen LogP contribution in [0.1, 0.15) is 50.7 Å². The van der Waals surface area contributed by atoms with Gasteiger partial charge in [0.2, 0.25) is 0 Å². The Morgan fingerprint density at radius 3 is 2.12 bits per heavy atom. The first-order valence-electron chi connectivity index (χ1n) is 7.98. The molecule has 130 valence electrons. The number of halogens is 3. The minimum atomic E-state index is -4.33. The first-order valence-corrected chi connectivity index (χ1v) is 7.98. The molecule has 1 saturated carbocycles. The highest BCUT2D eigenvalue weighted by Gasteiger charge is 2.30. The van der Waals surface area contributed by atoms with Gasteiger partial charge in [-0.15, -0.1) is 0 Å². The summed E-state index contributed by atoms with van der Waals surface area (Å²) < 4.78 is 38.2. The number of nitrogens with two attached hydrogens (primary N) is 1. The molecule has 2 nitrogen and oxygen atoms in total. The van der Waals surface area contributed by atoms with Crippen LogP contribution in [0.15, 0.2) is 52.7 Å². The molecule has 1 unspecified atom stereocenters. The van der Waals surface area contributed by atoms with E-state index in [1.54, 1.807) is 6.92 Å². The number of hydrogen-bond acceptors (Lipinski definition) is 2. The van der Waals surface area contributed by atoms with Gasteiger partial charge in [0.05, 0.1) is 17.3 Å². The molecule has 1 aromatic carbocycles. The van der Waals surface area contributed by atoms with E-state index in [1.807, 2.05) is 13.8 Å². The van der Waals surface area contributed by atoms with Crippen LogP contribution in [0.25, 0.3) is 0 Å². The maximum Gasteiger partial charge on any atom is 0.416 e. The van der Waals surface area contributed by atoms with Crippen molar-refractivity contribution in [1.29, 1.82) is 0 Å². The second-order valence-electron chi connectivity index (χ2n) is 6.43. The molecule has 1 atom stereocenters. The van der Waals surface area contributed by atoms with Gasteiger partial charge in [-0.05, 0) is 50.0 Å². The fourth-order valence-electron chi connectivity index (χ4n) is 2.66. The summed E-state index contributed by atoms with van der Waals surface area (Å²) in [5, 5.41) is 0. The van der Waals surface area contributed by atoms with Crippen molar-refractivity contribution in [2.45, 2.75) is 51.7 Å². The van der Waals surface area contributed by atoms with Crippen LogP contribution in [-0.2, 0) is 6.18 Å². The van der Waals surface area contributed by atoms with Crippen LogP contribution in [0.5, 0.6) is 0 Å². The molecule has 24 heavy (non-hydrogen) atoms. The highest BCUT2D eigenvalue weighted by molar-refractivity contribution is 6.13. The number of benzene rings is 1. The van der Waals surface area contributed by atoms with Crippen molar-refractivity contribution in [3.8, 4) is 0 Å². The summed E-state index contributed by atoms with van der Waals surface area (Å²) in [4.78, 5) is 4.71. The number of rotatable bonds is 5. The molecule has 2 rings (SSSR count). The molecule has 0 radical (unpaired) electrons. The Kier molecular flexibility index (Phi) is 5.21. The normalized spacial score (nSPS) is 18.2. The number of alkyl halides is 3. The van der Waals surface area contributed by atoms with Crippen LogP contribution in [0.3, 0.4) is 0 Å². The van der Waals surface area contributed by atoms with E-state index in [4.69, 9.17) is 10.7 Å². The number of allylic oxidation sites excluding steroid dienone is 3. The fourth-order valence-corrected chi connectivity index (χ4v) is 2.66. The molecule has 0 saturated heterocycles. The second-order valence-corrected chi connectivity index (χ2v) is 6.43. The molecule has 1 aliphatic carbocycles. The predicted molar refractivity (Wildman–Crippen MR) is 92.0 cm³/mol. The van der Waals surface area contributed by atoms with Gasteiger partial charge < -0.3 is 5.73 Å². The maximum atomic E-state index is 12.7. The van der Waals surface area contributed by atoms with Crippen molar-refractivity contribution in [2.75, 3.05) is 0 Å². The molecule has 0 aromatic heterocycles. The van der Waals surface area contributed by atoms with Crippen molar-refractivity contribution in [3.05, 3.63) is 58.8 Å². The molecule has 0 heterocycles. The van der Waals surface area contributed by atoms with Gasteiger partial charge >= 0.3 is 6.18 Å². The van der Waals surface area contributed by atoms with E-state index >= 15 is 0 Å². The Labute approximate surface area is 141 Å². The minimum absolute atomic E-state index is 0.161. The van der Waals surface area contributed by atoms with Gasteiger partial charge in [0, 0.05) is 17.2 Å². The summed E-state index contributed by atoms with van der Waals surface area (Å²) >= 11 is 0. The Morgan fingerprint density at radius 2 is 1.75 bits per heavy atom. The van der Waals surface area contributed by atoms with E-state index in [9.17, 15) is 13.2 Å². The smallest absolute Gasteiger partial charge is 0.402 e. The van der Waals surface area contributed by atoms with Gasteiger partial charge in [0.15, 0.2) is 0 Å². The lowest BCUT2D eigenvalue weighted by Crippen LogP contribution is -2.17. The molecule has 2 N–H and O–H groups in total. The molecular formula is C19H23F3N2. The van der Waals surface area contributed by atoms with Crippen LogP contribution in [0, 0.1) is 0 Å². The molecule has 0 spiro atoms. The zero-order chi connectivity index (χ0) is 18.1. The van der Waals surface area contributed by atoms with Crippen molar-refractivity contribution in [3.63, 3.8) is 0 Å². The number of nitrogens with zero attached hydrogens (tertiary/aromatic N) is 1. The first-order chi connectivity index (χ1) is 11.1. The standard InChI is InChI=1S/C19H23F3N2/c1-11(2)18(24-16-9-10-16)17(13(4)23)12(3)14-5-7-15(8-6-14)19(20,21)22/h5-8,12,16H,1,9-10,23H2,2-4H3. The van der Waals surface area contributed by atoms with Gasteiger partial charge in [-0.25, -0.2) is 0 Å². The van der Waals surface area contributed by atoms with E-state index in [-0.39, 0.29) is 5.92 Å². The Bertz CT molecular complexity index is 674. The van der Waals surface area contributed by atoms with E-state index in [1.165, 1.54) is 12.1 Å². The largest absolute Gasteiger partial charge is 0.416 e. The van der Waals surface area contributed by atoms with Gasteiger partial charge in [0.25, 0.3) is 0 Å². The molecule has 1 fully saturated rings. The molecule has 1 aliphatic rings. The highest BCUT2D eigenvalue weighted by Crippen LogP contribution is 2.34. The van der Waals surface area contributed by atoms with Crippen molar-refractivity contribution in [2.24, 2.45) is 10.7 Å². The van der Waals surface area contributed by atoms with Crippen LogP contribution >= 0.6 is 0 Å². The van der Waals surface area contributed by atoms with Crippen LogP contribution in [0.2, 0.25) is 0 Å². The summed E-state index contributed by atoms with van der Waals surface area (Å²) in [5.74, 6) is -0.161. The predicted octanol–water partition coefficient (Wildman–Crippen LogP) is 5.22. The lowest BCUT2D eigenvalue weighted by atomic mass is 9.86. The van der Waals surface area contributed by atoms with Crippen molar-refractivity contribution in [1.82, 2.24) is 0 Å². The summed E-state index contributed by atoms with van der Waals surface area (Å²) in [6, 6.07) is 5.53. The Hall–Kier alpha value is -2.04. The van der Waals surface area contributed by atoms with E-state index < -0.39 is 11.7 Å². The third kappa shape index (κ3) is 4.28. The Morgan fingerprint density at radius 1 is 1.21 bits per heavy atom. The number of hydrogen-bond donors (Lipinski definition) is 1. The summed E-state index contributed by atoms with van der Waals surface area (Å²) in [5.41, 5.74) is 9.26. The second kappa shape index (κ2) is 6.83. The average Bonchev–Trinajstić information content (AvgIpc) is 3.29. The monoisotopic (exact) mass is 336 g/mol. The average molecular weight is 336 g/mol. The van der Waals surface area contributed by atoms with Gasteiger partial charge in [0.1, 0.15) is 0 Å². The zero-order valence-electron chi connectivity index (χ0n) is 14.2. The maximum absolute atomic E-state index is 12.7. The summed E-state index contributed by atoms with van der Waals surface area (Å²) in [6.45, 7) is 9.59.